The standard InChI is InChI=1S/C22H24BrN5O/c1-16-25-14-19(27(16)2)15-28(22-9-7-18(12-24)13-26-22)10-4-5-17-6-8-20(23)21(11-17)29-3/h6-9,11,13-14H,4-5,10,15H2,1-3H3. The third kappa shape index (κ3) is 5.15. The fraction of sp³-hybridized carbons (Fsp3) is 0.318. The van der Waals surface area contributed by atoms with Gasteiger partial charge in [0.15, 0.2) is 0 Å². The molecule has 0 N–H and O–H groups in total. The minimum Gasteiger partial charge on any atom is -0.496 e. The monoisotopic (exact) mass is 453 g/mol. The van der Waals surface area contributed by atoms with Crippen molar-refractivity contribution in [2.45, 2.75) is 26.3 Å². The molecule has 7 heteroatoms. The first-order valence-corrected chi connectivity index (χ1v) is 10.2. The number of ether oxygens (including phenoxy) is 1. The van der Waals surface area contributed by atoms with Crippen LogP contribution in [0.1, 0.15) is 29.1 Å². The topological polar surface area (TPSA) is 67.0 Å². The molecule has 0 aliphatic carbocycles. The SMILES string of the molecule is COc1cc(CCCN(Cc2cnc(C)n2C)c2ccc(C#N)cn2)ccc1Br. The van der Waals surface area contributed by atoms with Crippen molar-refractivity contribution >= 4 is 21.7 Å². The highest BCUT2D eigenvalue weighted by atomic mass is 79.9. The van der Waals surface area contributed by atoms with Crippen molar-refractivity contribution in [1.29, 1.82) is 5.26 Å². The Morgan fingerprint density at radius 1 is 1.21 bits per heavy atom. The normalized spacial score (nSPS) is 10.6. The molecule has 0 radical (unpaired) electrons. The molecule has 0 fully saturated rings. The van der Waals surface area contributed by atoms with Gasteiger partial charge in [0.25, 0.3) is 0 Å². The number of rotatable bonds is 8. The summed E-state index contributed by atoms with van der Waals surface area (Å²) in [5.74, 6) is 2.68. The number of aryl methyl sites for hydroxylation is 2. The number of methoxy groups -OCH3 is 1. The van der Waals surface area contributed by atoms with Crippen LogP contribution in [0.15, 0.2) is 47.2 Å². The molecular weight excluding hydrogens is 430 g/mol. The third-order valence-corrected chi connectivity index (χ3v) is 5.63. The summed E-state index contributed by atoms with van der Waals surface area (Å²) in [6.07, 6.45) is 5.42. The summed E-state index contributed by atoms with van der Waals surface area (Å²) < 4.78 is 8.45. The van der Waals surface area contributed by atoms with Crippen LogP contribution in [-0.2, 0) is 20.0 Å². The van der Waals surface area contributed by atoms with Gasteiger partial charge in [0.05, 0.1) is 35.6 Å². The highest BCUT2D eigenvalue weighted by molar-refractivity contribution is 9.10. The van der Waals surface area contributed by atoms with Crippen LogP contribution in [0.25, 0.3) is 0 Å². The van der Waals surface area contributed by atoms with E-state index in [4.69, 9.17) is 10.00 Å². The van der Waals surface area contributed by atoms with E-state index in [9.17, 15) is 0 Å². The smallest absolute Gasteiger partial charge is 0.133 e. The molecule has 3 rings (SSSR count). The van der Waals surface area contributed by atoms with E-state index in [2.05, 4.69) is 53.6 Å². The molecule has 0 saturated heterocycles. The Kier molecular flexibility index (Phi) is 6.89. The molecule has 0 amide bonds. The minimum atomic E-state index is 0.562. The van der Waals surface area contributed by atoms with E-state index in [-0.39, 0.29) is 0 Å². The van der Waals surface area contributed by atoms with E-state index in [1.807, 2.05) is 38.4 Å². The lowest BCUT2D eigenvalue weighted by molar-refractivity contribution is 0.411. The summed E-state index contributed by atoms with van der Waals surface area (Å²) in [5.41, 5.74) is 2.92. The van der Waals surface area contributed by atoms with Gasteiger partial charge in [-0.25, -0.2) is 9.97 Å². The summed E-state index contributed by atoms with van der Waals surface area (Å²) in [5, 5.41) is 9.04. The maximum atomic E-state index is 9.04. The molecule has 0 aliphatic rings. The maximum Gasteiger partial charge on any atom is 0.133 e. The summed E-state index contributed by atoms with van der Waals surface area (Å²) in [4.78, 5) is 11.1. The van der Waals surface area contributed by atoms with Gasteiger partial charge in [0, 0.05) is 19.8 Å². The quantitative estimate of drug-likeness (QED) is 0.505. The molecule has 2 heterocycles. The average Bonchev–Trinajstić information content (AvgIpc) is 3.06. The van der Waals surface area contributed by atoms with Crippen LogP contribution in [0.3, 0.4) is 0 Å². The molecule has 2 aromatic heterocycles. The number of benzene rings is 1. The first-order chi connectivity index (χ1) is 14.0. The number of anilines is 1. The van der Waals surface area contributed by atoms with Gasteiger partial charge in [0.2, 0.25) is 0 Å². The van der Waals surface area contributed by atoms with Gasteiger partial charge in [-0.1, -0.05) is 6.07 Å². The summed E-state index contributed by atoms with van der Waals surface area (Å²) in [6, 6.07) is 12.0. The van der Waals surface area contributed by atoms with Crippen molar-refractivity contribution in [3.05, 3.63) is 69.8 Å². The number of aromatic nitrogens is 3. The molecule has 0 unspecified atom stereocenters. The Labute approximate surface area is 179 Å². The first-order valence-electron chi connectivity index (χ1n) is 9.42. The molecule has 1 aromatic carbocycles. The average molecular weight is 454 g/mol. The molecule has 0 bridgehead atoms. The second kappa shape index (κ2) is 9.57. The third-order valence-electron chi connectivity index (χ3n) is 4.98. The van der Waals surface area contributed by atoms with Crippen LogP contribution in [0, 0.1) is 18.3 Å². The van der Waals surface area contributed by atoms with E-state index in [1.165, 1.54) is 5.56 Å². The van der Waals surface area contributed by atoms with Crippen molar-refractivity contribution in [1.82, 2.24) is 14.5 Å². The van der Waals surface area contributed by atoms with Gasteiger partial charge in [-0.2, -0.15) is 5.26 Å². The lowest BCUT2D eigenvalue weighted by Crippen LogP contribution is -2.26. The van der Waals surface area contributed by atoms with Crippen LogP contribution in [0.5, 0.6) is 5.75 Å². The van der Waals surface area contributed by atoms with Crippen LogP contribution >= 0.6 is 15.9 Å². The van der Waals surface area contributed by atoms with Crippen molar-refractivity contribution < 1.29 is 4.74 Å². The summed E-state index contributed by atoms with van der Waals surface area (Å²) in [7, 11) is 3.70. The molecular formula is C22H24BrN5O. The molecule has 0 atom stereocenters. The van der Waals surface area contributed by atoms with Crippen LogP contribution in [0.2, 0.25) is 0 Å². The summed E-state index contributed by atoms with van der Waals surface area (Å²) in [6.45, 7) is 3.54. The molecule has 3 aromatic rings. The van der Waals surface area contributed by atoms with E-state index >= 15 is 0 Å². The number of halogens is 1. The van der Waals surface area contributed by atoms with Crippen molar-refractivity contribution in [3.8, 4) is 11.8 Å². The number of pyridine rings is 1. The second-order valence-corrected chi connectivity index (χ2v) is 7.72. The van der Waals surface area contributed by atoms with Crippen LogP contribution in [0.4, 0.5) is 5.82 Å². The van der Waals surface area contributed by atoms with Gasteiger partial charge in [0.1, 0.15) is 23.5 Å². The minimum absolute atomic E-state index is 0.562. The highest BCUT2D eigenvalue weighted by Crippen LogP contribution is 2.26. The Morgan fingerprint density at radius 3 is 2.66 bits per heavy atom. The van der Waals surface area contributed by atoms with Crippen molar-refractivity contribution in [2.75, 3.05) is 18.6 Å². The number of nitriles is 1. The molecule has 0 aliphatic heterocycles. The highest BCUT2D eigenvalue weighted by Gasteiger charge is 2.13. The lowest BCUT2D eigenvalue weighted by atomic mass is 10.1. The molecule has 6 nitrogen and oxygen atoms in total. The van der Waals surface area contributed by atoms with Gasteiger partial charge in [-0.3, -0.25) is 0 Å². The van der Waals surface area contributed by atoms with Gasteiger partial charge >= 0.3 is 0 Å². The largest absolute Gasteiger partial charge is 0.496 e. The van der Waals surface area contributed by atoms with Crippen molar-refractivity contribution in [3.63, 3.8) is 0 Å². The van der Waals surface area contributed by atoms with E-state index in [0.717, 1.165) is 46.9 Å². The zero-order chi connectivity index (χ0) is 20.8. The zero-order valence-corrected chi connectivity index (χ0v) is 18.5. The number of hydrogen-bond donors (Lipinski definition) is 0. The predicted octanol–water partition coefficient (Wildman–Crippen LogP) is 4.41. The lowest BCUT2D eigenvalue weighted by Gasteiger charge is -2.24. The number of hydrogen-bond acceptors (Lipinski definition) is 5. The second-order valence-electron chi connectivity index (χ2n) is 6.87. The van der Waals surface area contributed by atoms with E-state index in [0.29, 0.717) is 12.1 Å². The summed E-state index contributed by atoms with van der Waals surface area (Å²) >= 11 is 3.50. The van der Waals surface area contributed by atoms with E-state index < -0.39 is 0 Å². The van der Waals surface area contributed by atoms with E-state index in [1.54, 1.807) is 13.3 Å². The Hall–Kier alpha value is -2.85. The first kappa shape index (κ1) is 20.9. The zero-order valence-electron chi connectivity index (χ0n) is 16.9. The molecule has 150 valence electrons. The molecule has 0 spiro atoms. The fourth-order valence-corrected chi connectivity index (χ4v) is 3.55. The van der Waals surface area contributed by atoms with Gasteiger partial charge < -0.3 is 14.2 Å². The predicted molar refractivity (Wildman–Crippen MR) is 117 cm³/mol. The van der Waals surface area contributed by atoms with Crippen LogP contribution < -0.4 is 9.64 Å². The van der Waals surface area contributed by atoms with Crippen LogP contribution in [-0.4, -0.2) is 28.2 Å². The maximum absolute atomic E-state index is 9.04. The molecule has 29 heavy (non-hydrogen) atoms. The molecule has 0 saturated carbocycles. The Balaban J connectivity index is 1.74. The van der Waals surface area contributed by atoms with Gasteiger partial charge in [-0.05, 0) is 65.5 Å². The Bertz CT molecular complexity index is 1010. The number of nitrogens with zero attached hydrogens (tertiary/aromatic N) is 5. The van der Waals surface area contributed by atoms with Gasteiger partial charge in [-0.15, -0.1) is 0 Å². The van der Waals surface area contributed by atoms with Crippen molar-refractivity contribution in [2.24, 2.45) is 7.05 Å². The number of imidazole rings is 1. The fourth-order valence-electron chi connectivity index (χ4n) is 3.14. The Morgan fingerprint density at radius 2 is 2.03 bits per heavy atom.